The molecule has 1 aromatic heterocycles. The lowest BCUT2D eigenvalue weighted by Gasteiger charge is -2.10. The van der Waals surface area contributed by atoms with Gasteiger partial charge in [-0.3, -0.25) is 9.48 Å². The molecule has 0 aliphatic heterocycles. The normalized spacial score (nSPS) is 12.2. The van der Waals surface area contributed by atoms with Crippen molar-refractivity contribution in [1.29, 1.82) is 0 Å². The summed E-state index contributed by atoms with van der Waals surface area (Å²) in [5, 5.41) is 6.85. The number of benzene rings is 1. The highest BCUT2D eigenvalue weighted by Crippen LogP contribution is 2.20. The predicted molar refractivity (Wildman–Crippen MR) is 76.3 cm³/mol. The summed E-state index contributed by atoms with van der Waals surface area (Å²) in [4.78, 5) is 11.9. The van der Waals surface area contributed by atoms with Gasteiger partial charge in [0.2, 0.25) is 0 Å². The molecule has 100 valence electrons. The number of anilines is 1. The SMILES string of the molecule is CCC(C)c1ccc(NC(=O)c2cnn(C)c2)cc1. The highest BCUT2D eigenvalue weighted by atomic mass is 16.1. The molecule has 0 aliphatic carbocycles. The van der Waals surface area contributed by atoms with E-state index in [1.807, 2.05) is 12.1 Å². The Morgan fingerprint density at radius 3 is 2.58 bits per heavy atom. The van der Waals surface area contributed by atoms with Crippen molar-refractivity contribution >= 4 is 11.6 Å². The number of carbonyl (C=O) groups is 1. The minimum atomic E-state index is -0.135. The van der Waals surface area contributed by atoms with Crippen molar-refractivity contribution in [3.8, 4) is 0 Å². The molecule has 0 spiro atoms. The first-order valence-electron chi connectivity index (χ1n) is 6.50. The quantitative estimate of drug-likeness (QED) is 0.914. The predicted octanol–water partition coefficient (Wildman–Crippen LogP) is 3.19. The van der Waals surface area contributed by atoms with E-state index in [9.17, 15) is 4.79 Å². The highest BCUT2D eigenvalue weighted by Gasteiger charge is 2.08. The summed E-state index contributed by atoms with van der Waals surface area (Å²) in [5.74, 6) is 0.410. The van der Waals surface area contributed by atoms with Gasteiger partial charge in [-0.05, 0) is 30.0 Å². The van der Waals surface area contributed by atoms with Crippen LogP contribution in [0, 0.1) is 0 Å². The van der Waals surface area contributed by atoms with Gasteiger partial charge in [0.25, 0.3) is 5.91 Å². The van der Waals surface area contributed by atoms with Crippen LogP contribution in [0.2, 0.25) is 0 Å². The number of aromatic nitrogens is 2. The van der Waals surface area contributed by atoms with Crippen LogP contribution in [-0.4, -0.2) is 15.7 Å². The fraction of sp³-hybridized carbons (Fsp3) is 0.333. The molecule has 1 heterocycles. The van der Waals surface area contributed by atoms with Gasteiger partial charge in [-0.1, -0.05) is 26.0 Å². The minimum Gasteiger partial charge on any atom is -0.322 e. The standard InChI is InChI=1S/C15H19N3O/c1-4-11(2)12-5-7-14(8-6-12)17-15(19)13-9-16-18(3)10-13/h5-11H,4H2,1-3H3,(H,17,19). The van der Waals surface area contributed by atoms with Crippen molar-refractivity contribution < 1.29 is 4.79 Å². The molecule has 4 nitrogen and oxygen atoms in total. The van der Waals surface area contributed by atoms with Crippen LogP contribution in [0.25, 0.3) is 0 Å². The van der Waals surface area contributed by atoms with E-state index >= 15 is 0 Å². The summed E-state index contributed by atoms with van der Waals surface area (Å²) in [6.07, 6.45) is 4.37. The lowest BCUT2D eigenvalue weighted by Crippen LogP contribution is -2.11. The van der Waals surface area contributed by atoms with Crippen LogP contribution in [-0.2, 0) is 7.05 Å². The third-order valence-corrected chi connectivity index (χ3v) is 3.32. The summed E-state index contributed by atoms with van der Waals surface area (Å²) >= 11 is 0. The number of aryl methyl sites for hydroxylation is 1. The largest absolute Gasteiger partial charge is 0.322 e. The molecular weight excluding hydrogens is 238 g/mol. The Hall–Kier alpha value is -2.10. The molecule has 1 unspecified atom stereocenters. The number of carbonyl (C=O) groups excluding carboxylic acids is 1. The van der Waals surface area contributed by atoms with Gasteiger partial charge in [0.1, 0.15) is 0 Å². The summed E-state index contributed by atoms with van der Waals surface area (Å²) < 4.78 is 1.61. The van der Waals surface area contributed by atoms with Gasteiger partial charge in [0, 0.05) is 18.9 Å². The van der Waals surface area contributed by atoms with Gasteiger partial charge in [0.05, 0.1) is 11.8 Å². The van der Waals surface area contributed by atoms with E-state index in [1.165, 1.54) is 5.56 Å². The maximum absolute atomic E-state index is 11.9. The Bertz CT molecular complexity index is 557. The average molecular weight is 257 g/mol. The molecule has 0 saturated carbocycles. The maximum Gasteiger partial charge on any atom is 0.258 e. The Morgan fingerprint density at radius 1 is 1.37 bits per heavy atom. The van der Waals surface area contributed by atoms with Crippen molar-refractivity contribution in [2.45, 2.75) is 26.2 Å². The van der Waals surface area contributed by atoms with E-state index in [2.05, 4.69) is 36.4 Å². The lowest BCUT2D eigenvalue weighted by atomic mass is 9.99. The Labute approximate surface area is 113 Å². The monoisotopic (exact) mass is 257 g/mol. The van der Waals surface area contributed by atoms with Crippen molar-refractivity contribution in [3.63, 3.8) is 0 Å². The molecule has 4 heteroatoms. The molecule has 2 aromatic rings. The van der Waals surface area contributed by atoms with Crippen LogP contribution in [0.4, 0.5) is 5.69 Å². The second kappa shape index (κ2) is 5.69. The fourth-order valence-corrected chi connectivity index (χ4v) is 1.87. The topological polar surface area (TPSA) is 46.9 Å². The molecular formula is C15H19N3O. The number of rotatable bonds is 4. The van der Waals surface area contributed by atoms with E-state index in [1.54, 1.807) is 24.1 Å². The summed E-state index contributed by atoms with van der Waals surface area (Å²) in [5.41, 5.74) is 2.66. The Morgan fingerprint density at radius 2 is 2.05 bits per heavy atom. The van der Waals surface area contributed by atoms with Gasteiger partial charge >= 0.3 is 0 Å². The van der Waals surface area contributed by atoms with Crippen LogP contribution < -0.4 is 5.32 Å². The number of nitrogens with one attached hydrogen (secondary N) is 1. The Kier molecular flexibility index (Phi) is 4.00. The molecule has 0 radical (unpaired) electrons. The fourth-order valence-electron chi connectivity index (χ4n) is 1.87. The molecule has 19 heavy (non-hydrogen) atoms. The van der Waals surface area contributed by atoms with Gasteiger partial charge in [-0.25, -0.2) is 0 Å². The smallest absolute Gasteiger partial charge is 0.258 e. The van der Waals surface area contributed by atoms with E-state index in [4.69, 9.17) is 0 Å². The summed E-state index contributed by atoms with van der Waals surface area (Å²) in [6.45, 7) is 4.37. The Balaban J connectivity index is 2.05. The third-order valence-electron chi connectivity index (χ3n) is 3.32. The number of hydrogen-bond acceptors (Lipinski definition) is 2. The van der Waals surface area contributed by atoms with Gasteiger partial charge in [-0.15, -0.1) is 0 Å². The molecule has 1 aromatic carbocycles. The zero-order valence-electron chi connectivity index (χ0n) is 11.6. The average Bonchev–Trinajstić information content (AvgIpc) is 2.85. The summed E-state index contributed by atoms with van der Waals surface area (Å²) in [7, 11) is 1.79. The molecule has 1 amide bonds. The van der Waals surface area contributed by atoms with Gasteiger partial charge in [0.15, 0.2) is 0 Å². The number of amides is 1. The zero-order valence-corrected chi connectivity index (χ0v) is 11.6. The lowest BCUT2D eigenvalue weighted by molar-refractivity contribution is 0.102. The molecule has 1 N–H and O–H groups in total. The number of nitrogens with zero attached hydrogens (tertiary/aromatic N) is 2. The second-order valence-electron chi connectivity index (χ2n) is 4.79. The molecule has 0 bridgehead atoms. The van der Waals surface area contributed by atoms with Crippen LogP contribution >= 0.6 is 0 Å². The van der Waals surface area contributed by atoms with Crippen LogP contribution in [0.5, 0.6) is 0 Å². The molecule has 0 fully saturated rings. The van der Waals surface area contributed by atoms with Crippen molar-refractivity contribution in [3.05, 3.63) is 47.8 Å². The number of hydrogen-bond donors (Lipinski definition) is 1. The molecule has 1 atom stereocenters. The van der Waals surface area contributed by atoms with E-state index in [0.29, 0.717) is 11.5 Å². The van der Waals surface area contributed by atoms with E-state index in [0.717, 1.165) is 12.1 Å². The first-order valence-corrected chi connectivity index (χ1v) is 6.50. The maximum atomic E-state index is 11.9. The van der Waals surface area contributed by atoms with Crippen molar-refractivity contribution in [1.82, 2.24) is 9.78 Å². The highest BCUT2D eigenvalue weighted by molar-refractivity contribution is 6.03. The molecule has 0 saturated heterocycles. The summed E-state index contributed by atoms with van der Waals surface area (Å²) in [6, 6.07) is 8.01. The van der Waals surface area contributed by atoms with Gasteiger partial charge in [-0.2, -0.15) is 5.10 Å². The van der Waals surface area contributed by atoms with Crippen LogP contribution in [0.3, 0.4) is 0 Å². The molecule has 0 aliphatic rings. The second-order valence-corrected chi connectivity index (χ2v) is 4.79. The first kappa shape index (κ1) is 13.3. The van der Waals surface area contributed by atoms with Crippen molar-refractivity contribution in [2.24, 2.45) is 7.05 Å². The van der Waals surface area contributed by atoms with E-state index in [-0.39, 0.29) is 5.91 Å². The minimum absolute atomic E-state index is 0.135. The third kappa shape index (κ3) is 3.22. The van der Waals surface area contributed by atoms with Crippen LogP contribution in [0.1, 0.15) is 42.1 Å². The first-order chi connectivity index (χ1) is 9.10. The molecule has 2 rings (SSSR count). The van der Waals surface area contributed by atoms with Crippen molar-refractivity contribution in [2.75, 3.05) is 5.32 Å². The van der Waals surface area contributed by atoms with Crippen LogP contribution in [0.15, 0.2) is 36.7 Å². The van der Waals surface area contributed by atoms with Gasteiger partial charge < -0.3 is 5.32 Å². The zero-order chi connectivity index (χ0) is 13.8. The van der Waals surface area contributed by atoms with E-state index < -0.39 is 0 Å².